The molecule has 166 valence electrons. The van der Waals surface area contributed by atoms with Crippen molar-refractivity contribution in [3.8, 4) is 0 Å². The van der Waals surface area contributed by atoms with Gasteiger partial charge < -0.3 is 34.6 Å². The average Bonchev–Trinajstić information content (AvgIpc) is 2.58. The Morgan fingerprint density at radius 2 is 1.07 bits per heavy atom. The van der Waals surface area contributed by atoms with Crippen LogP contribution in [-0.2, 0) is 4.57 Å². The SMILES string of the molecule is CCCCCCCCCCCCC(CO)N(CCO)CCO.O=P([O-])([O-])[O-].[Na+].[Na+].[Na+]. The van der Waals surface area contributed by atoms with Gasteiger partial charge in [-0.25, -0.2) is 0 Å². The van der Waals surface area contributed by atoms with Crippen LogP contribution < -0.4 is 103 Å². The first-order valence-corrected chi connectivity index (χ1v) is 11.6. The van der Waals surface area contributed by atoms with Crippen molar-refractivity contribution in [3.05, 3.63) is 0 Å². The monoisotopic (exact) mass is 481 g/mol. The van der Waals surface area contributed by atoms with Gasteiger partial charge in [-0.2, -0.15) is 7.82 Å². The molecule has 12 heteroatoms. The average molecular weight is 481 g/mol. The molecule has 0 aromatic rings. The molecule has 1 atom stereocenters. The van der Waals surface area contributed by atoms with E-state index < -0.39 is 7.82 Å². The Morgan fingerprint density at radius 1 is 0.733 bits per heavy atom. The van der Waals surface area contributed by atoms with Crippen molar-refractivity contribution in [1.29, 1.82) is 0 Å². The largest absolute Gasteiger partial charge is 1.00 e. The van der Waals surface area contributed by atoms with Gasteiger partial charge in [0, 0.05) is 19.1 Å². The molecule has 0 amide bonds. The van der Waals surface area contributed by atoms with Gasteiger partial charge in [0.1, 0.15) is 0 Å². The van der Waals surface area contributed by atoms with Gasteiger partial charge in [-0.1, -0.05) is 71.1 Å². The molecule has 0 aliphatic carbocycles. The van der Waals surface area contributed by atoms with Crippen LogP contribution in [0.15, 0.2) is 0 Å². The fourth-order valence-electron chi connectivity index (χ4n) is 2.99. The first kappa shape index (κ1) is 43.1. The molecule has 0 heterocycles. The summed E-state index contributed by atoms with van der Waals surface area (Å²) in [5, 5.41) is 27.6. The van der Waals surface area contributed by atoms with Crippen molar-refractivity contribution in [2.45, 2.75) is 83.6 Å². The summed E-state index contributed by atoms with van der Waals surface area (Å²) in [6, 6.07) is 0.0772. The molecule has 30 heavy (non-hydrogen) atoms. The van der Waals surface area contributed by atoms with Crippen LogP contribution in [0.1, 0.15) is 77.6 Å². The summed E-state index contributed by atoms with van der Waals surface area (Å²) in [6.45, 7) is 3.58. The van der Waals surface area contributed by atoms with Gasteiger partial charge >= 0.3 is 88.7 Å². The third-order valence-electron chi connectivity index (χ3n) is 4.39. The van der Waals surface area contributed by atoms with Crippen molar-refractivity contribution >= 4 is 7.82 Å². The molecule has 1 unspecified atom stereocenters. The Labute approximate surface area is 249 Å². The van der Waals surface area contributed by atoms with Gasteiger partial charge in [0.15, 0.2) is 0 Å². The maximum Gasteiger partial charge on any atom is 1.00 e. The molecule has 0 bridgehead atoms. The molecule has 8 nitrogen and oxygen atoms in total. The van der Waals surface area contributed by atoms with Gasteiger partial charge in [-0.15, -0.1) is 0 Å². The Balaban J connectivity index is -0.000000232. The fraction of sp³-hybridized carbons (Fsp3) is 1.00. The van der Waals surface area contributed by atoms with Crippen LogP contribution in [0.25, 0.3) is 0 Å². The van der Waals surface area contributed by atoms with Crippen LogP contribution in [0.4, 0.5) is 0 Å². The molecule has 0 fully saturated rings. The van der Waals surface area contributed by atoms with Gasteiger partial charge in [0.2, 0.25) is 0 Å². The summed E-state index contributed by atoms with van der Waals surface area (Å²) in [4.78, 5) is 27.6. The Bertz CT molecular complexity index is 341. The van der Waals surface area contributed by atoms with E-state index in [2.05, 4.69) is 6.92 Å². The molecule has 0 radical (unpaired) electrons. The number of aliphatic hydroxyl groups excluding tert-OH is 3. The van der Waals surface area contributed by atoms with Crippen LogP contribution in [-0.4, -0.2) is 59.2 Å². The topological polar surface area (TPSA) is 150 Å². The third kappa shape index (κ3) is 38.2. The molecule has 0 aromatic carbocycles. The number of phosphoric acid groups is 1. The predicted octanol–water partition coefficient (Wildman–Crippen LogP) is -8.87. The van der Waals surface area contributed by atoms with E-state index in [4.69, 9.17) is 29.5 Å². The number of unbranched alkanes of at least 4 members (excludes halogenated alkanes) is 9. The zero-order valence-corrected chi connectivity index (χ0v) is 26.7. The Morgan fingerprint density at radius 3 is 1.37 bits per heavy atom. The standard InChI is InChI=1S/C18H39NO3.3Na.H3O4P/c1-2-3-4-5-6-7-8-9-10-11-12-18(17-22)19(13-15-20)14-16-21;;;;1-5(2,3)4/h18,20-22H,2-17H2,1H3;;;;(H3,1,2,3,4)/q;3*+1;/p-3. The summed E-state index contributed by atoms with van der Waals surface area (Å²) >= 11 is 0. The minimum absolute atomic E-state index is 0. The molecular weight excluding hydrogens is 442 g/mol. The minimum Gasteiger partial charge on any atom is -0.822 e. The van der Waals surface area contributed by atoms with E-state index in [0.29, 0.717) is 13.1 Å². The van der Waals surface area contributed by atoms with Crippen molar-refractivity contribution < 1.29 is 123 Å². The second-order valence-electron chi connectivity index (χ2n) is 6.74. The van der Waals surface area contributed by atoms with Gasteiger partial charge in [0.05, 0.1) is 19.8 Å². The van der Waals surface area contributed by atoms with Crippen LogP contribution in [0.2, 0.25) is 0 Å². The van der Waals surface area contributed by atoms with Gasteiger partial charge in [-0.3, -0.25) is 4.90 Å². The summed E-state index contributed by atoms with van der Waals surface area (Å²) in [7, 11) is -5.39. The van der Waals surface area contributed by atoms with E-state index in [1.165, 1.54) is 57.8 Å². The summed E-state index contributed by atoms with van der Waals surface area (Å²) < 4.78 is 8.55. The maximum atomic E-state index is 9.49. The van der Waals surface area contributed by atoms with Crippen LogP contribution in [0.3, 0.4) is 0 Å². The molecule has 3 N–H and O–H groups in total. The number of rotatable bonds is 17. The molecule has 0 saturated carbocycles. The molecule has 0 spiro atoms. The van der Waals surface area contributed by atoms with Crippen LogP contribution in [0, 0.1) is 0 Å². The van der Waals surface area contributed by atoms with E-state index in [1.807, 2.05) is 4.90 Å². The fourth-order valence-corrected chi connectivity index (χ4v) is 2.99. The Hall–Kier alpha value is 2.95. The molecular formula is C18H39NNa3O7P. The quantitative estimate of drug-likeness (QED) is 0.105. The zero-order chi connectivity index (χ0) is 21.0. The molecule has 0 aliphatic rings. The number of hydrogen-bond donors (Lipinski definition) is 3. The summed E-state index contributed by atoms with van der Waals surface area (Å²) in [5.41, 5.74) is 0. The summed E-state index contributed by atoms with van der Waals surface area (Å²) in [5.74, 6) is 0. The molecule has 0 aromatic heterocycles. The van der Waals surface area contributed by atoms with E-state index in [1.54, 1.807) is 0 Å². The third-order valence-corrected chi connectivity index (χ3v) is 4.39. The zero-order valence-electron chi connectivity index (χ0n) is 19.8. The Kier molecular flexibility index (Phi) is 45.9. The second kappa shape index (κ2) is 32.0. The van der Waals surface area contributed by atoms with Crippen molar-refractivity contribution in [2.24, 2.45) is 0 Å². The molecule has 0 rings (SSSR count). The predicted molar refractivity (Wildman–Crippen MR) is 101 cm³/mol. The number of aliphatic hydroxyl groups is 3. The normalized spacial score (nSPS) is 11.5. The molecule has 0 saturated heterocycles. The van der Waals surface area contributed by atoms with Gasteiger partial charge in [-0.05, 0) is 6.42 Å². The van der Waals surface area contributed by atoms with E-state index in [0.717, 1.165) is 12.8 Å². The maximum absolute atomic E-state index is 9.49. The smallest absolute Gasteiger partial charge is 0.822 e. The first-order chi connectivity index (χ1) is 12.8. The van der Waals surface area contributed by atoms with Crippen LogP contribution >= 0.6 is 7.82 Å². The van der Waals surface area contributed by atoms with Crippen molar-refractivity contribution in [1.82, 2.24) is 4.90 Å². The van der Waals surface area contributed by atoms with E-state index >= 15 is 0 Å². The first-order valence-electron chi connectivity index (χ1n) is 10.1. The van der Waals surface area contributed by atoms with E-state index in [9.17, 15) is 5.11 Å². The van der Waals surface area contributed by atoms with Gasteiger partial charge in [0.25, 0.3) is 0 Å². The number of nitrogens with zero attached hydrogens (tertiary/aromatic N) is 1. The van der Waals surface area contributed by atoms with Crippen molar-refractivity contribution in [2.75, 3.05) is 32.9 Å². The second-order valence-corrected chi connectivity index (χ2v) is 7.63. The minimum atomic E-state index is -5.39. The van der Waals surface area contributed by atoms with Crippen LogP contribution in [0.5, 0.6) is 0 Å². The van der Waals surface area contributed by atoms with E-state index in [-0.39, 0.29) is 115 Å². The molecule has 0 aliphatic heterocycles. The van der Waals surface area contributed by atoms with Crippen molar-refractivity contribution in [3.63, 3.8) is 0 Å². The number of hydrogen-bond acceptors (Lipinski definition) is 8. The summed E-state index contributed by atoms with van der Waals surface area (Å²) in [6.07, 6.45) is 14.1.